The quantitative estimate of drug-likeness (QED) is 0.757. The molecule has 88 valence electrons. The molecule has 4 heteroatoms. The number of ether oxygens (including phenoxy) is 1. The minimum atomic E-state index is -0.610. The Balaban J connectivity index is 2.40. The highest BCUT2D eigenvalue weighted by atomic mass is 16.5. The lowest BCUT2D eigenvalue weighted by atomic mass is 9.98. The van der Waals surface area contributed by atoms with Gasteiger partial charge in [0.2, 0.25) is 5.91 Å². The third-order valence-corrected chi connectivity index (χ3v) is 2.85. The van der Waals surface area contributed by atoms with E-state index < -0.39 is 5.60 Å². The molecule has 0 spiro atoms. The normalized spacial score (nSPS) is 27.5. The van der Waals surface area contributed by atoms with Gasteiger partial charge in [0.15, 0.2) is 0 Å². The Morgan fingerprint density at radius 1 is 1.47 bits per heavy atom. The summed E-state index contributed by atoms with van der Waals surface area (Å²) >= 11 is 0. The fourth-order valence-corrected chi connectivity index (χ4v) is 1.79. The van der Waals surface area contributed by atoms with Crippen molar-refractivity contribution in [1.29, 1.82) is 0 Å². The second-order valence-corrected chi connectivity index (χ2v) is 4.37. The highest BCUT2D eigenvalue weighted by Crippen LogP contribution is 2.21. The van der Waals surface area contributed by atoms with Crippen molar-refractivity contribution in [3.8, 4) is 0 Å². The van der Waals surface area contributed by atoms with E-state index in [0.717, 1.165) is 19.4 Å². The molecule has 1 unspecified atom stereocenters. The molecule has 1 aliphatic heterocycles. The van der Waals surface area contributed by atoms with Gasteiger partial charge in [0.1, 0.15) is 6.61 Å². The van der Waals surface area contributed by atoms with Gasteiger partial charge in [-0.15, -0.1) is 0 Å². The third kappa shape index (κ3) is 4.18. The zero-order valence-electron chi connectivity index (χ0n) is 9.66. The van der Waals surface area contributed by atoms with Gasteiger partial charge in [-0.25, -0.2) is 0 Å². The molecule has 0 aromatic carbocycles. The first kappa shape index (κ1) is 12.5. The number of aliphatic hydroxyl groups is 1. The SMILES string of the molecule is CCOCC(=O)N1CCCC(C)(O)CC1. The first-order chi connectivity index (χ1) is 7.05. The van der Waals surface area contributed by atoms with Crippen molar-refractivity contribution in [1.82, 2.24) is 4.90 Å². The first-order valence-corrected chi connectivity index (χ1v) is 5.63. The molecule has 0 saturated carbocycles. The van der Waals surface area contributed by atoms with Gasteiger partial charge >= 0.3 is 0 Å². The van der Waals surface area contributed by atoms with E-state index in [1.807, 2.05) is 13.8 Å². The number of hydrogen-bond donors (Lipinski definition) is 1. The molecule has 1 fully saturated rings. The summed E-state index contributed by atoms with van der Waals surface area (Å²) < 4.78 is 5.09. The summed E-state index contributed by atoms with van der Waals surface area (Å²) in [5, 5.41) is 9.86. The van der Waals surface area contributed by atoms with Gasteiger partial charge in [0.05, 0.1) is 5.60 Å². The maximum atomic E-state index is 11.6. The molecule has 15 heavy (non-hydrogen) atoms. The number of rotatable bonds is 3. The lowest BCUT2D eigenvalue weighted by Gasteiger charge is -2.22. The van der Waals surface area contributed by atoms with Crippen LogP contribution in [0.3, 0.4) is 0 Å². The fraction of sp³-hybridized carbons (Fsp3) is 0.909. The predicted molar refractivity (Wildman–Crippen MR) is 57.5 cm³/mol. The van der Waals surface area contributed by atoms with Crippen LogP contribution < -0.4 is 0 Å². The number of nitrogens with zero attached hydrogens (tertiary/aromatic N) is 1. The van der Waals surface area contributed by atoms with E-state index in [4.69, 9.17) is 4.74 Å². The molecule has 1 saturated heterocycles. The van der Waals surface area contributed by atoms with E-state index in [1.54, 1.807) is 4.90 Å². The smallest absolute Gasteiger partial charge is 0.248 e. The van der Waals surface area contributed by atoms with Crippen molar-refractivity contribution in [2.75, 3.05) is 26.3 Å². The number of hydrogen-bond acceptors (Lipinski definition) is 3. The highest BCUT2D eigenvalue weighted by molar-refractivity contribution is 5.77. The molecular formula is C11H21NO3. The molecule has 1 rings (SSSR count). The van der Waals surface area contributed by atoms with Crippen LogP contribution >= 0.6 is 0 Å². The molecule has 0 bridgehead atoms. The summed E-state index contributed by atoms with van der Waals surface area (Å²) in [6.45, 7) is 5.82. The number of likely N-dealkylation sites (tertiary alicyclic amines) is 1. The summed E-state index contributed by atoms with van der Waals surface area (Å²) in [4.78, 5) is 13.4. The highest BCUT2D eigenvalue weighted by Gasteiger charge is 2.26. The minimum absolute atomic E-state index is 0.0366. The second-order valence-electron chi connectivity index (χ2n) is 4.37. The fourth-order valence-electron chi connectivity index (χ4n) is 1.79. The van der Waals surface area contributed by atoms with E-state index in [1.165, 1.54) is 0 Å². The summed E-state index contributed by atoms with van der Waals surface area (Å²) in [5.74, 6) is 0.0366. The van der Waals surface area contributed by atoms with Gasteiger partial charge in [-0.1, -0.05) is 0 Å². The topological polar surface area (TPSA) is 49.8 Å². The molecule has 1 heterocycles. The van der Waals surface area contributed by atoms with Gasteiger partial charge in [-0.3, -0.25) is 4.79 Å². The Morgan fingerprint density at radius 3 is 2.87 bits per heavy atom. The van der Waals surface area contributed by atoms with Crippen LogP contribution in [0.4, 0.5) is 0 Å². The van der Waals surface area contributed by atoms with Crippen molar-refractivity contribution in [3.05, 3.63) is 0 Å². The molecular weight excluding hydrogens is 194 g/mol. The molecule has 1 aliphatic rings. The summed E-state index contributed by atoms with van der Waals surface area (Å²) in [6.07, 6.45) is 2.29. The Morgan fingerprint density at radius 2 is 2.20 bits per heavy atom. The summed E-state index contributed by atoms with van der Waals surface area (Å²) in [7, 11) is 0. The Hall–Kier alpha value is -0.610. The van der Waals surface area contributed by atoms with Crippen molar-refractivity contribution >= 4 is 5.91 Å². The minimum Gasteiger partial charge on any atom is -0.390 e. The van der Waals surface area contributed by atoms with Crippen LogP contribution in [-0.2, 0) is 9.53 Å². The largest absolute Gasteiger partial charge is 0.390 e. The number of amides is 1. The molecule has 0 aromatic rings. The first-order valence-electron chi connectivity index (χ1n) is 5.63. The van der Waals surface area contributed by atoms with Gasteiger partial charge in [-0.2, -0.15) is 0 Å². The predicted octanol–water partition coefficient (Wildman–Crippen LogP) is 0.786. The maximum absolute atomic E-state index is 11.6. The Labute approximate surface area is 91.2 Å². The van der Waals surface area contributed by atoms with Crippen molar-refractivity contribution < 1.29 is 14.6 Å². The standard InChI is InChI=1S/C11H21NO3/c1-3-15-9-10(13)12-7-4-5-11(2,14)6-8-12/h14H,3-9H2,1-2H3. The second kappa shape index (κ2) is 5.47. The molecule has 4 nitrogen and oxygen atoms in total. The van der Waals surface area contributed by atoms with E-state index in [2.05, 4.69) is 0 Å². The van der Waals surface area contributed by atoms with Crippen molar-refractivity contribution in [3.63, 3.8) is 0 Å². The van der Waals surface area contributed by atoms with Crippen LogP contribution in [-0.4, -0.2) is 47.8 Å². The van der Waals surface area contributed by atoms with Crippen LogP contribution in [0.1, 0.15) is 33.1 Å². The Bertz CT molecular complexity index is 216. The zero-order valence-corrected chi connectivity index (χ0v) is 9.66. The van der Waals surface area contributed by atoms with Gasteiger partial charge < -0.3 is 14.7 Å². The summed E-state index contributed by atoms with van der Waals surface area (Å²) in [6, 6.07) is 0. The number of carbonyl (C=O) groups is 1. The average Bonchev–Trinajstić information content (AvgIpc) is 2.36. The van der Waals surface area contributed by atoms with Crippen LogP contribution in [0.5, 0.6) is 0 Å². The van der Waals surface area contributed by atoms with Crippen LogP contribution in [0.25, 0.3) is 0 Å². The van der Waals surface area contributed by atoms with Crippen LogP contribution in [0.2, 0.25) is 0 Å². The summed E-state index contributed by atoms with van der Waals surface area (Å²) in [5.41, 5.74) is -0.610. The van der Waals surface area contributed by atoms with E-state index in [-0.39, 0.29) is 12.5 Å². The molecule has 1 amide bonds. The molecule has 1 N–H and O–H groups in total. The third-order valence-electron chi connectivity index (χ3n) is 2.85. The van der Waals surface area contributed by atoms with Crippen molar-refractivity contribution in [2.45, 2.75) is 38.7 Å². The molecule has 1 atom stereocenters. The zero-order chi connectivity index (χ0) is 11.3. The number of carbonyl (C=O) groups excluding carboxylic acids is 1. The van der Waals surface area contributed by atoms with Crippen LogP contribution in [0.15, 0.2) is 0 Å². The maximum Gasteiger partial charge on any atom is 0.248 e. The van der Waals surface area contributed by atoms with Crippen LogP contribution in [0, 0.1) is 0 Å². The lowest BCUT2D eigenvalue weighted by molar-refractivity contribution is -0.136. The van der Waals surface area contributed by atoms with E-state index in [0.29, 0.717) is 19.6 Å². The van der Waals surface area contributed by atoms with E-state index >= 15 is 0 Å². The van der Waals surface area contributed by atoms with E-state index in [9.17, 15) is 9.90 Å². The monoisotopic (exact) mass is 215 g/mol. The van der Waals surface area contributed by atoms with Crippen molar-refractivity contribution in [2.24, 2.45) is 0 Å². The molecule has 0 aliphatic carbocycles. The van der Waals surface area contributed by atoms with Gasteiger partial charge in [-0.05, 0) is 33.1 Å². The lowest BCUT2D eigenvalue weighted by Crippen LogP contribution is -2.36. The Kier molecular flexibility index (Phi) is 4.54. The molecule has 0 radical (unpaired) electrons. The van der Waals surface area contributed by atoms with Gasteiger partial charge in [0, 0.05) is 19.7 Å². The molecule has 0 aromatic heterocycles. The average molecular weight is 215 g/mol. The van der Waals surface area contributed by atoms with Gasteiger partial charge in [0.25, 0.3) is 0 Å².